The van der Waals surface area contributed by atoms with Crippen molar-refractivity contribution in [1.82, 2.24) is 10.6 Å². The molecule has 0 aromatic heterocycles. The van der Waals surface area contributed by atoms with Crippen LogP contribution in [0, 0.1) is 0 Å². The predicted octanol–water partition coefficient (Wildman–Crippen LogP) is 3.65. The van der Waals surface area contributed by atoms with Crippen LogP contribution in [-0.2, 0) is 10.2 Å². The molecule has 0 saturated carbocycles. The van der Waals surface area contributed by atoms with E-state index in [1.807, 2.05) is 23.9 Å². The van der Waals surface area contributed by atoms with Gasteiger partial charge in [0.05, 0.1) is 12.1 Å². The molecule has 2 fully saturated rings. The maximum absolute atomic E-state index is 12.1. The lowest BCUT2D eigenvalue weighted by atomic mass is 9.87. The first-order valence-electron chi connectivity index (χ1n) is 9.42. The van der Waals surface area contributed by atoms with Gasteiger partial charge >= 0.3 is 6.03 Å². The molecule has 5 nitrogen and oxygen atoms in total. The summed E-state index contributed by atoms with van der Waals surface area (Å²) in [6.07, 6.45) is 3.47. The second-order valence-corrected chi connectivity index (χ2v) is 9.52. The van der Waals surface area contributed by atoms with E-state index in [4.69, 9.17) is 0 Å². The Hall–Kier alpha value is -1.69. The van der Waals surface area contributed by atoms with Gasteiger partial charge in [0.15, 0.2) is 0 Å². The number of nitrogens with one attached hydrogen (secondary N) is 3. The number of carbonyl (C=O) groups excluding carboxylic acids is 2. The number of urea groups is 1. The Balaban J connectivity index is 1.36. The lowest BCUT2D eigenvalue weighted by molar-refractivity contribution is -0.116. The Morgan fingerprint density at radius 2 is 1.92 bits per heavy atom. The number of thioether (sulfide) groups is 1. The summed E-state index contributed by atoms with van der Waals surface area (Å²) in [6, 6.07) is 8.59. The van der Waals surface area contributed by atoms with Crippen LogP contribution in [0.5, 0.6) is 0 Å². The standard InChI is InChI=1S/C20H29N3O2S/c1-20(2,3)13-8-10-14(11-9-13)21-17(24)7-5-4-6-16-18-15(12-26-16)22-19(25)23-18/h8-11,15-16,18H,4-7,12H2,1-3H3,(H,21,24)(H2,22,23,25). The molecule has 3 unspecified atom stereocenters. The molecular formula is C20H29N3O2S. The lowest BCUT2D eigenvalue weighted by Gasteiger charge is -2.19. The highest BCUT2D eigenvalue weighted by molar-refractivity contribution is 8.00. The third-order valence-electron chi connectivity index (χ3n) is 5.12. The highest BCUT2D eigenvalue weighted by atomic mass is 32.2. The Bertz CT molecular complexity index is 654. The summed E-state index contributed by atoms with van der Waals surface area (Å²) in [5, 5.41) is 9.42. The van der Waals surface area contributed by atoms with Gasteiger partial charge in [-0.1, -0.05) is 39.3 Å². The van der Waals surface area contributed by atoms with Crippen LogP contribution in [0.4, 0.5) is 10.5 Å². The molecule has 142 valence electrons. The van der Waals surface area contributed by atoms with Crippen molar-refractivity contribution in [3.8, 4) is 0 Å². The minimum absolute atomic E-state index is 0.0397. The van der Waals surface area contributed by atoms with E-state index >= 15 is 0 Å². The van der Waals surface area contributed by atoms with Crippen LogP contribution in [0.15, 0.2) is 24.3 Å². The maximum atomic E-state index is 12.1. The SMILES string of the molecule is CC(C)(C)c1ccc(NC(=O)CCCCC2SCC3NC(=O)NC32)cc1. The maximum Gasteiger partial charge on any atom is 0.315 e. The van der Waals surface area contributed by atoms with Crippen molar-refractivity contribution in [2.24, 2.45) is 0 Å². The molecule has 3 N–H and O–H groups in total. The largest absolute Gasteiger partial charge is 0.332 e. The Labute approximate surface area is 160 Å². The minimum atomic E-state index is -0.0397. The van der Waals surface area contributed by atoms with Crippen LogP contribution in [0.3, 0.4) is 0 Å². The Morgan fingerprint density at radius 1 is 1.19 bits per heavy atom. The monoisotopic (exact) mass is 375 g/mol. The van der Waals surface area contributed by atoms with E-state index in [1.54, 1.807) is 0 Å². The molecule has 2 aliphatic heterocycles. The van der Waals surface area contributed by atoms with E-state index in [0.29, 0.717) is 11.7 Å². The van der Waals surface area contributed by atoms with Gasteiger partial charge in [-0.3, -0.25) is 4.79 Å². The van der Waals surface area contributed by atoms with Crippen LogP contribution in [0.25, 0.3) is 0 Å². The summed E-state index contributed by atoms with van der Waals surface area (Å²) in [6.45, 7) is 6.54. The molecule has 3 atom stereocenters. The molecule has 0 aliphatic carbocycles. The van der Waals surface area contributed by atoms with Crippen LogP contribution < -0.4 is 16.0 Å². The molecule has 3 rings (SSSR count). The molecule has 1 aromatic rings. The highest BCUT2D eigenvalue weighted by Gasteiger charge is 2.42. The topological polar surface area (TPSA) is 70.2 Å². The van der Waals surface area contributed by atoms with Gasteiger partial charge in [0.1, 0.15) is 0 Å². The van der Waals surface area contributed by atoms with Gasteiger partial charge in [-0.2, -0.15) is 11.8 Å². The summed E-state index contributed by atoms with van der Waals surface area (Å²) in [5.41, 5.74) is 2.24. The van der Waals surface area contributed by atoms with E-state index in [9.17, 15) is 9.59 Å². The quantitative estimate of drug-likeness (QED) is 0.525. The molecule has 3 amide bonds. The Morgan fingerprint density at radius 3 is 2.62 bits per heavy atom. The molecule has 2 aliphatic rings. The smallest absolute Gasteiger partial charge is 0.315 e. The van der Waals surface area contributed by atoms with E-state index in [1.165, 1.54) is 5.56 Å². The van der Waals surface area contributed by atoms with Crippen LogP contribution in [0.1, 0.15) is 52.0 Å². The summed E-state index contributed by atoms with van der Waals surface area (Å²) in [4.78, 5) is 23.5. The van der Waals surface area contributed by atoms with Crippen LogP contribution >= 0.6 is 11.8 Å². The van der Waals surface area contributed by atoms with E-state index in [0.717, 1.165) is 30.7 Å². The molecular weight excluding hydrogens is 346 g/mol. The molecule has 2 heterocycles. The first-order valence-corrected chi connectivity index (χ1v) is 10.5. The third kappa shape index (κ3) is 4.72. The van der Waals surface area contributed by atoms with Crippen LogP contribution in [0.2, 0.25) is 0 Å². The zero-order valence-corrected chi connectivity index (χ0v) is 16.6. The van der Waals surface area contributed by atoms with Gasteiger partial charge in [0.25, 0.3) is 0 Å². The highest BCUT2D eigenvalue weighted by Crippen LogP contribution is 2.33. The number of unbranched alkanes of at least 4 members (excludes halogenated alkanes) is 1. The minimum Gasteiger partial charge on any atom is -0.332 e. The summed E-state index contributed by atoms with van der Waals surface area (Å²) < 4.78 is 0. The van der Waals surface area contributed by atoms with Crippen molar-refractivity contribution in [3.63, 3.8) is 0 Å². The van der Waals surface area contributed by atoms with Crippen molar-refractivity contribution in [2.45, 2.75) is 69.2 Å². The third-order valence-corrected chi connectivity index (χ3v) is 6.62. The normalized spacial score (nSPS) is 24.7. The van der Waals surface area contributed by atoms with Crippen molar-refractivity contribution in [2.75, 3.05) is 11.1 Å². The first-order chi connectivity index (χ1) is 12.3. The van der Waals surface area contributed by atoms with Crippen molar-refractivity contribution < 1.29 is 9.59 Å². The van der Waals surface area contributed by atoms with Crippen LogP contribution in [-0.4, -0.2) is 35.0 Å². The predicted molar refractivity (Wildman–Crippen MR) is 108 cm³/mol. The van der Waals surface area contributed by atoms with Gasteiger partial charge in [0, 0.05) is 23.1 Å². The molecule has 26 heavy (non-hydrogen) atoms. The molecule has 1 aromatic carbocycles. The number of amides is 3. The molecule has 0 spiro atoms. The number of fused-ring (bicyclic) bond motifs is 1. The average molecular weight is 376 g/mol. The van der Waals surface area contributed by atoms with Gasteiger partial charge in [-0.25, -0.2) is 4.79 Å². The first kappa shape index (κ1) is 19.1. The number of benzene rings is 1. The van der Waals surface area contributed by atoms with E-state index < -0.39 is 0 Å². The van der Waals surface area contributed by atoms with Gasteiger partial charge in [-0.15, -0.1) is 0 Å². The fourth-order valence-corrected chi connectivity index (χ4v) is 5.09. The number of hydrogen-bond donors (Lipinski definition) is 3. The molecule has 0 radical (unpaired) electrons. The molecule has 2 saturated heterocycles. The van der Waals surface area contributed by atoms with Crippen molar-refractivity contribution in [3.05, 3.63) is 29.8 Å². The average Bonchev–Trinajstić information content (AvgIpc) is 3.11. The van der Waals surface area contributed by atoms with Gasteiger partial charge < -0.3 is 16.0 Å². The zero-order chi connectivity index (χ0) is 18.7. The van der Waals surface area contributed by atoms with E-state index in [2.05, 4.69) is 48.9 Å². The van der Waals surface area contributed by atoms with Gasteiger partial charge in [0.2, 0.25) is 5.91 Å². The number of anilines is 1. The van der Waals surface area contributed by atoms with Crippen molar-refractivity contribution in [1.29, 1.82) is 0 Å². The van der Waals surface area contributed by atoms with Gasteiger partial charge in [-0.05, 0) is 36.0 Å². The summed E-state index contributed by atoms with van der Waals surface area (Å²) >= 11 is 1.92. The molecule has 0 bridgehead atoms. The molecule has 6 heteroatoms. The second-order valence-electron chi connectivity index (χ2n) is 8.24. The fourth-order valence-electron chi connectivity index (χ4n) is 3.55. The number of carbonyl (C=O) groups is 2. The number of rotatable bonds is 6. The second kappa shape index (κ2) is 7.91. The fraction of sp³-hybridized carbons (Fsp3) is 0.600. The lowest BCUT2D eigenvalue weighted by Crippen LogP contribution is -2.36. The van der Waals surface area contributed by atoms with E-state index in [-0.39, 0.29) is 29.4 Å². The Kier molecular flexibility index (Phi) is 5.80. The zero-order valence-electron chi connectivity index (χ0n) is 15.8. The van der Waals surface area contributed by atoms with Crippen molar-refractivity contribution >= 4 is 29.4 Å². The number of hydrogen-bond acceptors (Lipinski definition) is 3. The summed E-state index contributed by atoms with van der Waals surface area (Å²) in [7, 11) is 0. The summed E-state index contributed by atoms with van der Waals surface area (Å²) in [5.74, 6) is 1.06.